The van der Waals surface area contributed by atoms with Crippen LogP contribution in [0.3, 0.4) is 0 Å². The number of benzene rings is 1. The van der Waals surface area contributed by atoms with Gasteiger partial charge in [0.15, 0.2) is 5.65 Å². The second kappa shape index (κ2) is 8.37. The van der Waals surface area contributed by atoms with E-state index in [0.29, 0.717) is 5.65 Å². The number of aromatic nitrogens is 3. The Balaban J connectivity index is 0.00000225. The molecule has 0 unspecified atom stereocenters. The monoisotopic (exact) mass is 402 g/mol. The maximum absolute atomic E-state index is 12.8. The summed E-state index contributed by atoms with van der Waals surface area (Å²) >= 11 is 0. The third-order valence-corrected chi connectivity index (χ3v) is 4.97. The van der Waals surface area contributed by atoms with Crippen LogP contribution < -0.4 is 10.3 Å². The van der Waals surface area contributed by atoms with E-state index in [-0.39, 0.29) is 24.1 Å². The number of ether oxygens (including phenoxy) is 1. The first-order chi connectivity index (χ1) is 13.0. The molecule has 0 saturated heterocycles. The summed E-state index contributed by atoms with van der Waals surface area (Å²) in [6.07, 6.45) is 1.72. The summed E-state index contributed by atoms with van der Waals surface area (Å²) in [5.74, 6) is 0.902. The summed E-state index contributed by atoms with van der Waals surface area (Å²) < 4.78 is 7.28. The average Bonchev–Trinajstić information content (AvgIpc) is 2.88. The average molecular weight is 403 g/mol. The van der Waals surface area contributed by atoms with Gasteiger partial charge >= 0.3 is 0 Å². The lowest BCUT2D eigenvalue weighted by Gasteiger charge is -2.20. The molecule has 0 amide bonds. The van der Waals surface area contributed by atoms with Crippen LogP contribution in [0.25, 0.3) is 5.65 Å². The van der Waals surface area contributed by atoms with Crippen LogP contribution in [0.2, 0.25) is 0 Å². The SMILES string of the molecule is Cc1cc2nc3c(c(=O)n2[nH]1)CCN(Cc1ccc(OC(C)C)cc1)CC3.Cl. The fraction of sp³-hybridized carbons (Fsp3) is 0.429. The van der Waals surface area contributed by atoms with Gasteiger partial charge in [-0.1, -0.05) is 12.1 Å². The standard InChI is InChI=1S/C21H26N4O2.ClH/c1-14(2)27-17-6-4-16(5-7-17)13-24-10-8-18-19(9-11-24)22-20-12-15(3)23-25(20)21(18)26;/h4-7,12,14,23H,8-11,13H2,1-3H3;1H. The molecule has 7 heteroatoms. The summed E-state index contributed by atoms with van der Waals surface area (Å²) in [4.78, 5) is 19.9. The van der Waals surface area contributed by atoms with E-state index in [9.17, 15) is 4.79 Å². The van der Waals surface area contributed by atoms with Gasteiger partial charge in [0.25, 0.3) is 5.56 Å². The molecule has 1 aromatic carbocycles. The second-order valence-electron chi connectivity index (χ2n) is 7.56. The molecule has 4 rings (SSSR count). The van der Waals surface area contributed by atoms with Gasteiger partial charge in [0, 0.05) is 43.4 Å². The van der Waals surface area contributed by atoms with Crippen LogP contribution in [0.5, 0.6) is 5.75 Å². The highest BCUT2D eigenvalue weighted by molar-refractivity contribution is 5.85. The van der Waals surface area contributed by atoms with Gasteiger partial charge in [-0.05, 0) is 44.9 Å². The predicted octanol–water partition coefficient (Wildman–Crippen LogP) is 3.14. The minimum Gasteiger partial charge on any atom is -0.491 e. The number of nitrogens with zero attached hydrogens (tertiary/aromatic N) is 3. The van der Waals surface area contributed by atoms with E-state index in [1.807, 2.05) is 39.0 Å². The van der Waals surface area contributed by atoms with Gasteiger partial charge in [0.1, 0.15) is 5.75 Å². The third-order valence-electron chi connectivity index (χ3n) is 4.97. The van der Waals surface area contributed by atoms with Gasteiger partial charge in [0.2, 0.25) is 0 Å². The molecule has 6 nitrogen and oxygen atoms in total. The Morgan fingerprint density at radius 3 is 2.61 bits per heavy atom. The maximum atomic E-state index is 12.8. The molecule has 1 aliphatic rings. The Hall–Kier alpha value is -2.31. The fourth-order valence-corrected chi connectivity index (χ4v) is 3.69. The molecule has 0 saturated carbocycles. The third kappa shape index (κ3) is 4.23. The molecular formula is C21H27ClN4O2. The van der Waals surface area contributed by atoms with Crippen LogP contribution in [0.4, 0.5) is 0 Å². The van der Waals surface area contributed by atoms with E-state index in [4.69, 9.17) is 9.72 Å². The largest absolute Gasteiger partial charge is 0.491 e. The van der Waals surface area contributed by atoms with Crippen molar-refractivity contribution < 1.29 is 4.74 Å². The van der Waals surface area contributed by atoms with Gasteiger partial charge in [-0.3, -0.25) is 14.8 Å². The zero-order valence-electron chi connectivity index (χ0n) is 16.6. The molecule has 0 fully saturated rings. The van der Waals surface area contributed by atoms with Crippen molar-refractivity contribution in [3.8, 4) is 5.75 Å². The molecular weight excluding hydrogens is 376 g/mol. The lowest BCUT2D eigenvalue weighted by Crippen LogP contribution is -2.26. The quantitative estimate of drug-likeness (QED) is 0.728. The smallest absolute Gasteiger partial charge is 0.276 e. The van der Waals surface area contributed by atoms with E-state index in [1.54, 1.807) is 4.52 Å². The highest BCUT2D eigenvalue weighted by atomic mass is 35.5. The van der Waals surface area contributed by atoms with Crippen LogP contribution in [0, 0.1) is 6.92 Å². The van der Waals surface area contributed by atoms with Crippen LogP contribution in [0.1, 0.15) is 36.4 Å². The van der Waals surface area contributed by atoms with Crippen molar-refractivity contribution >= 4 is 18.1 Å². The van der Waals surface area contributed by atoms with Crippen LogP contribution in [0.15, 0.2) is 35.1 Å². The van der Waals surface area contributed by atoms with Crippen molar-refractivity contribution in [2.45, 2.75) is 46.3 Å². The zero-order chi connectivity index (χ0) is 19.0. The van der Waals surface area contributed by atoms with Gasteiger partial charge < -0.3 is 4.74 Å². The lowest BCUT2D eigenvalue weighted by molar-refractivity contribution is 0.242. The summed E-state index contributed by atoms with van der Waals surface area (Å²) in [5.41, 5.74) is 4.75. The molecule has 0 spiro atoms. The van der Waals surface area contributed by atoms with Crippen LogP contribution in [-0.2, 0) is 19.4 Å². The number of halogens is 1. The first-order valence-corrected chi connectivity index (χ1v) is 9.57. The Kier molecular flexibility index (Phi) is 6.10. The summed E-state index contributed by atoms with van der Waals surface area (Å²) in [7, 11) is 0. The highest BCUT2D eigenvalue weighted by Gasteiger charge is 2.20. The number of aryl methyl sites for hydroxylation is 1. The molecule has 3 heterocycles. The molecule has 1 aliphatic heterocycles. The van der Waals surface area contributed by atoms with Gasteiger partial charge in [-0.2, -0.15) is 0 Å². The normalized spacial score (nSPS) is 14.6. The van der Waals surface area contributed by atoms with Gasteiger partial charge in [0.05, 0.1) is 11.8 Å². The van der Waals surface area contributed by atoms with Crippen molar-refractivity contribution in [1.29, 1.82) is 0 Å². The molecule has 0 radical (unpaired) electrons. The van der Waals surface area contributed by atoms with Gasteiger partial charge in [-0.25, -0.2) is 9.50 Å². The van der Waals surface area contributed by atoms with Crippen LogP contribution >= 0.6 is 12.4 Å². The number of hydrogen-bond acceptors (Lipinski definition) is 4. The molecule has 0 atom stereocenters. The first-order valence-electron chi connectivity index (χ1n) is 9.57. The van der Waals surface area contributed by atoms with E-state index in [2.05, 4.69) is 22.1 Å². The number of rotatable bonds is 4. The van der Waals surface area contributed by atoms with Crippen molar-refractivity contribution in [3.63, 3.8) is 0 Å². The van der Waals surface area contributed by atoms with Crippen molar-refractivity contribution in [2.75, 3.05) is 13.1 Å². The summed E-state index contributed by atoms with van der Waals surface area (Å²) in [6.45, 7) is 8.64. The molecule has 150 valence electrons. The second-order valence-corrected chi connectivity index (χ2v) is 7.56. The Morgan fingerprint density at radius 2 is 1.89 bits per heavy atom. The van der Waals surface area contributed by atoms with E-state index in [0.717, 1.165) is 55.2 Å². The molecule has 0 bridgehead atoms. The Morgan fingerprint density at radius 1 is 1.18 bits per heavy atom. The minimum absolute atomic E-state index is 0. The molecule has 0 aliphatic carbocycles. The molecule has 1 N–H and O–H groups in total. The number of nitrogens with one attached hydrogen (secondary N) is 1. The summed E-state index contributed by atoms with van der Waals surface area (Å²) in [6, 6.07) is 10.2. The maximum Gasteiger partial charge on any atom is 0.276 e. The number of fused-ring (bicyclic) bond motifs is 2. The zero-order valence-corrected chi connectivity index (χ0v) is 17.4. The number of H-pyrrole nitrogens is 1. The fourth-order valence-electron chi connectivity index (χ4n) is 3.69. The Labute approximate surface area is 170 Å². The van der Waals surface area contributed by atoms with Crippen molar-refractivity contribution in [3.05, 3.63) is 63.2 Å². The highest BCUT2D eigenvalue weighted by Crippen LogP contribution is 2.18. The minimum atomic E-state index is 0. The van der Waals surface area contributed by atoms with Gasteiger partial charge in [-0.15, -0.1) is 12.4 Å². The lowest BCUT2D eigenvalue weighted by atomic mass is 10.1. The molecule has 28 heavy (non-hydrogen) atoms. The molecule has 3 aromatic rings. The summed E-state index contributed by atoms with van der Waals surface area (Å²) in [5, 5.41) is 3.08. The van der Waals surface area contributed by atoms with E-state index in [1.165, 1.54) is 5.56 Å². The first kappa shape index (κ1) is 20.4. The Bertz CT molecular complexity index is 1010. The topological polar surface area (TPSA) is 62.6 Å². The van der Waals surface area contributed by atoms with Crippen LogP contribution in [-0.4, -0.2) is 38.7 Å². The van der Waals surface area contributed by atoms with Crippen molar-refractivity contribution in [1.82, 2.24) is 19.5 Å². The number of hydrogen-bond donors (Lipinski definition) is 1. The van der Waals surface area contributed by atoms with E-state index < -0.39 is 0 Å². The van der Waals surface area contributed by atoms with Crippen molar-refractivity contribution in [2.24, 2.45) is 0 Å². The number of aromatic amines is 1. The molecule has 2 aromatic heterocycles. The predicted molar refractivity (Wildman–Crippen MR) is 113 cm³/mol. The van der Waals surface area contributed by atoms with E-state index >= 15 is 0 Å².